The maximum absolute atomic E-state index is 6.10. The molecular weight excluding hydrogens is 230 g/mol. The molecule has 0 bridgehead atoms. The molecule has 0 aromatic heterocycles. The summed E-state index contributed by atoms with van der Waals surface area (Å²) >= 11 is 0. The van der Waals surface area contributed by atoms with Gasteiger partial charge in [0, 0.05) is 11.3 Å². The summed E-state index contributed by atoms with van der Waals surface area (Å²) in [5, 5.41) is 0. The van der Waals surface area contributed by atoms with E-state index < -0.39 is 0 Å². The van der Waals surface area contributed by atoms with Crippen molar-refractivity contribution in [1.29, 1.82) is 0 Å². The number of anilines is 1. The number of allylic oxidation sites excluding steroid dienone is 2. The Balaban J connectivity index is 2.44. The number of benzene rings is 2. The van der Waals surface area contributed by atoms with E-state index in [9.17, 15) is 0 Å². The standard InChI is InChI=1S/C18H19N/c1-3-6-14-8-5-9-16(12-14)17-13-15(7-4-2)10-11-18(17)19/h3-5,8-13H,1-2,6-7,19H2. The van der Waals surface area contributed by atoms with E-state index in [1.165, 1.54) is 11.1 Å². The molecule has 1 heteroatoms. The molecule has 0 saturated carbocycles. The van der Waals surface area contributed by atoms with Crippen LogP contribution in [-0.2, 0) is 12.8 Å². The van der Waals surface area contributed by atoms with Crippen molar-refractivity contribution >= 4 is 5.69 Å². The lowest BCUT2D eigenvalue weighted by atomic mass is 9.97. The monoisotopic (exact) mass is 249 g/mol. The molecule has 2 aromatic carbocycles. The van der Waals surface area contributed by atoms with Crippen LogP contribution >= 0.6 is 0 Å². The maximum atomic E-state index is 6.10. The molecule has 2 N–H and O–H groups in total. The first-order chi connectivity index (χ1) is 9.24. The molecule has 0 saturated heterocycles. The van der Waals surface area contributed by atoms with Gasteiger partial charge in [-0.15, -0.1) is 13.2 Å². The van der Waals surface area contributed by atoms with Gasteiger partial charge < -0.3 is 5.73 Å². The van der Waals surface area contributed by atoms with Crippen LogP contribution in [0.5, 0.6) is 0 Å². The lowest BCUT2D eigenvalue weighted by Crippen LogP contribution is -1.93. The van der Waals surface area contributed by atoms with Gasteiger partial charge in [-0.25, -0.2) is 0 Å². The second-order valence-corrected chi connectivity index (χ2v) is 4.61. The molecule has 0 fully saturated rings. The van der Waals surface area contributed by atoms with E-state index in [4.69, 9.17) is 5.73 Å². The fraction of sp³-hybridized carbons (Fsp3) is 0.111. The summed E-state index contributed by atoms with van der Waals surface area (Å²) in [6, 6.07) is 14.6. The molecule has 0 spiro atoms. The quantitative estimate of drug-likeness (QED) is 0.617. The molecule has 0 aliphatic heterocycles. The van der Waals surface area contributed by atoms with E-state index in [1.807, 2.05) is 24.3 Å². The van der Waals surface area contributed by atoms with Crippen molar-refractivity contribution in [3.05, 3.63) is 78.9 Å². The van der Waals surface area contributed by atoms with Crippen LogP contribution in [0.15, 0.2) is 67.8 Å². The number of hydrogen-bond acceptors (Lipinski definition) is 1. The summed E-state index contributed by atoms with van der Waals surface area (Å²) < 4.78 is 0. The lowest BCUT2D eigenvalue weighted by Gasteiger charge is -2.09. The Morgan fingerprint density at radius 1 is 0.895 bits per heavy atom. The molecule has 1 nitrogen and oxygen atoms in total. The molecule has 2 aromatic rings. The van der Waals surface area contributed by atoms with Gasteiger partial charge >= 0.3 is 0 Å². The minimum atomic E-state index is 0.809. The molecule has 0 radical (unpaired) electrons. The highest BCUT2D eigenvalue weighted by atomic mass is 14.6. The molecule has 0 atom stereocenters. The third-order valence-electron chi connectivity index (χ3n) is 3.12. The Morgan fingerprint density at radius 2 is 1.58 bits per heavy atom. The van der Waals surface area contributed by atoms with Crippen molar-refractivity contribution in [3.63, 3.8) is 0 Å². The van der Waals surface area contributed by atoms with Gasteiger partial charge in [0.1, 0.15) is 0 Å². The summed E-state index contributed by atoms with van der Waals surface area (Å²) in [4.78, 5) is 0. The summed E-state index contributed by atoms with van der Waals surface area (Å²) in [6.45, 7) is 7.56. The molecule has 19 heavy (non-hydrogen) atoms. The van der Waals surface area contributed by atoms with Crippen LogP contribution < -0.4 is 5.73 Å². The predicted octanol–water partition coefficient (Wildman–Crippen LogP) is 4.39. The van der Waals surface area contributed by atoms with Gasteiger partial charge in [0.05, 0.1) is 0 Å². The highest BCUT2D eigenvalue weighted by Crippen LogP contribution is 2.28. The van der Waals surface area contributed by atoms with Crippen molar-refractivity contribution in [2.24, 2.45) is 0 Å². The molecular formula is C18H19N. The third kappa shape index (κ3) is 3.14. The van der Waals surface area contributed by atoms with Gasteiger partial charge in [0.25, 0.3) is 0 Å². The van der Waals surface area contributed by atoms with Gasteiger partial charge in [-0.1, -0.05) is 42.5 Å². The average molecular weight is 249 g/mol. The smallest absolute Gasteiger partial charge is 0.0393 e. The van der Waals surface area contributed by atoms with Crippen LogP contribution in [0.1, 0.15) is 11.1 Å². The van der Waals surface area contributed by atoms with Gasteiger partial charge in [0.15, 0.2) is 0 Å². The summed E-state index contributed by atoms with van der Waals surface area (Å²) in [7, 11) is 0. The largest absolute Gasteiger partial charge is 0.398 e. The van der Waals surface area contributed by atoms with Crippen LogP contribution in [0.25, 0.3) is 11.1 Å². The van der Waals surface area contributed by atoms with Crippen LogP contribution in [0.4, 0.5) is 5.69 Å². The average Bonchev–Trinajstić information content (AvgIpc) is 2.42. The molecule has 0 amide bonds. The highest BCUT2D eigenvalue weighted by molar-refractivity contribution is 5.77. The Hall–Kier alpha value is -2.28. The van der Waals surface area contributed by atoms with Crippen LogP contribution in [0.3, 0.4) is 0 Å². The van der Waals surface area contributed by atoms with Crippen molar-refractivity contribution in [1.82, 2.24) is 0 Å². The predicted molar refractivity (Wildman–Crippen MR) is 84.1 cm³/mol. The zero-order valence-corrected chi connectivity index (χ0v) is 11.1. The second kappa shape index (κ2) is 6.05. The van der Waals surface area contributed by atoms with Crippen molar-refractivity contribution in [2.45, 2.75) is 12.8 Å². The van der Waals surface area contributed by atoms with Gasteiger partial charge in [-0.2, -0.15) is 0 Å². The minimum absolute atomic E-state index is 0.809. The van der Waals surface area contributed by atoms with E-state index in [0.29, 0.717) is 0 Å². The zero-order chi connectivity index (χ0) is 13.7. The topological polar surface area (TPSA) is 26.0 Å². The van der Waals surface area contributed by atoms with Crippen LogP contribution in [0.2, 0.25) is 0 Å². The van der Waals surface area contributed by atoms with Crippen LogP contribution in [0, 0.1) is 0 Å². The Labute approximate surface area is 115 Å². The normalized spacial score (nSPS) is 10.1. The second-order valence-electron chi connectivity index (χ2n) is 4.61. The summed E-state index contributed by atoms with van der Waals surface area (Å²) in [6.07, 6.45) is 5.56. The Morgan fingerprint density at radius 3 is 2.26 bits per heavy atom. The Bertz CT molecular complexity index is 596. The summed E-state index contributed by atoms with van der Waals surface area (Å²) in [5.74, 6) is 0. The number of nitrogens with two attached hydrogens (primary N) is 1. The first-order valence-corrected chi connectivity index (χ1v) is 6.44. The van der Waals surface area contributed by atoms with Gasteiger partial charge in [-0.05, 0) is 41.7 Å². The number of rotatable bonds is 5. The van der Waals surface area contributed by atoms with E-state index in [-0.39, 0.29) is 0 Å². The van der Waals surface area contributed by atoms with Crippen LogP contribution in [-0.4, -0.2) is 0 Å². The van der Waals surface area contributed by atoms with E-state index in [2.05, 4.69) is 43.5 Å². The van der Waals surface area contributed by atoms with Gasteiger partial charge in [-0.3, -0.25) is 0 Å². The minimum Gasteiger partial charge on any atom is -0.398 e. The fourth-order valence-corrected chi connectivity index (χ4v) is 2.18. The van der Waals surface area contributed by atoms with E-state index in [0.717, 1.165) is 29.7 Å². The molecule has 0 heterocycles. The van der Waals surface area contributed by atoms with Crippen molar-refractivity contribution < 1.29 is 0 Å². The summed E-state index contributed by atoms with van der Waals surface area (Å²) in [5.41, 5.74) is 11.6. The molecule has 0 aliphatic carbocycles. The molecule has 0 aliphatic rings. The number of nitrogen functional groups attached to an aromatic ring is 1. The van der Waals surface area contributed by atoms with Crippen molar-refractivity contribution in [3.8, 4) is 11.1 Å². The zero-order valence-electron chi connectivity index (χ0n) is 11.1. The molecule has 96 valence electrons. The molecule has 2 rings (SSSR count). The number of hydrogen-bond donors (Lipinski definition) is 1. The maximum Gasteiger partial charge on any atom is 0.0393 e. The first kappa shape index (κ1) is 13.2. The highest BCUT2D eigenvalue weighted by Gasteiger charge is 2.04. The first-order valence-electron chi connectivity index (χ1n) is 6.44. The van der Waals surface area contributed by atoms with E-state index >= 15 is 0 Å². The lowest BCUT2D eigenvalue weighted by molar-refractivity contribution is 1.27. The van der Waals surface area contributed by atoms with E-state index in [1.54, 1.807) is 0 Å². The Kier molecular flexibility index (Phi) is 4.19. The van der Waals surface area contributed by atoms with Crippen molar-refractivity contribution in [2.75, 3.05) is 5.73 Å². The SMILES string of the molecule is C=CCc1cccc(-c2cc(CC=C)ccc2N)c1. The fourth-order valence-electron chi connectivity index (χ4n) is 2.18. The van der Waals surface area contributed by atoms with Gasteiger partial charge in [0.2, 0.25) is 0 Å². The third-order valence-corrected chi connectivity index (χ3v) is 3.12. The molecule has 0 unspecified atom stereocenters.